The van der Waals surface area contributed by atoms with Crippen molar-refractivity contribution in [2.45, 2.75) is 40.3 Å². The molecular weight excluding hydrogens is 629 g/mol. The molecular formula is C30H28BrCl2N5O3. The lowest BCUT2D eigenvalue weighted by molar-refractivity contribution is -0.113. The number of rotatable bonds is 8. The number of allylic oxidation sites excluding steroid dienone is 1. The predicted octanol–water partition coefficient (Wildman–Crippen LogP) is 7.87. The molecule has 8 nitrogen and oxygen atoms in total. The maximum Gasteiger partial charge on any atom is 0.255 e. The van der Waals surface area contributed by atoms with Gasteiger partial charge in [-0.05, 0) is 90.6 Å². The fourth-order valence-electron chi connectivity index (χ4n) is 4.77. The van der Waals surface area contributed by atoms with Crippen LogP contribution < -0.4 is 20.1 Å². The maximum atomic E-state index is 13.8. The third-order valence-electron chi connectivity index (χ3n) is 6.68. The van der Waals surface area contributed by atoms with Crippen LogP contribution in [0.1, 0.15) is 42.1 Å². The topological polar surface area (TPSA) is 90.3 Å². The molecule has 11 heteroatoms. The quantitative estimate of drug-likeness (QED) is 0.201. The highest BCUT2D eigenvalue weighted by Crippen LogP contribution is 2.43. The van der Waals surface area contributed by atoms with E-state index in [0.29, 0.717) is 49.8 Å². The zero-order valence-electron chi connectivity index (χ0n) is 22.9. The van der Waals surface area contributed by atoms with E-state index in [-0.39, 0.29) is 12.5 Å². The smallest absolute Gasteiger partial charge is 0.255 e. The highest BCUT2D eigenvalue weighted by Gasteiger charge is 2.34. The van der Waals surface area contributed by atoms with Crippen molar-refractivity contribution in [2.75, 3.05) is 17.2 Å². The van der Waals surface area contributed by atoms with Gasteiger partial charge in [0.2, 0.25) is 5.95 Å². The summed E-state index contributed by atoms with van der Waals surface area (Å²) in [5, 5.41) is 11.7. The lowest BCUT2D eigenvalue weighted by atomic mass is 9.94. The first-order chi connectivity index (χ1) is 19.7. The Balaban J connectivity index is 1.52. The standard InChI is InChI=1S/C30H28BrCl2N5O3/c1-5-40-25-13-20(12-21(31)28(25)41-14-19-7-8-22(32)23(33)11-19)27-26(18(4)36-30-34-15-35-38(27)30)29(39)37-24-9-6-16(2)10-17(24)3/h6-13,15,27H,5,14H2,1-4H3,(H,37,39)(H,34,35,36). The summed E-state index contributed by atoms with van der Waals surface area (Å²) in [4.78, 5) is 18.2. The number of halogens is 3. The van der Waals surface area contributed by atoms with Crippen LogP contribution in [0.15, 0.2) is 70.6 Å². The van der Waals surface area contributed by atoms with Crippen LogP contribution in [0.5, 0.6) is 11.5 Å². The highest BCUT2D eigenvalue weighted by atomic mass is 79.9. The number of hydrogen-bond donors (Lipinski definition) is 2. The van der Waals surface area contributed by atoms with E-state index in [4.69, 9.17) is 32.7 Å². The molecule has 2 heterocycles. The van der Waals surface area contributed by atoms with Crippen molar-refractivity contribution in [1.82, 2.24) is 14.8 Å². The molecule has 0 fully saturated rings. The molecule has 5 rings (SSSR count). The molecule has 1 atom stereocenters. The van der Waals surface area contributed by atoms with E-state index in [9.17, 15) is 4.79 Å². The minimum atomic E-state index is -0.584. The van der Waals surface area contributed by atoms with Crippen LogP contribution >= 0.6 is 39.1 Å². The molecule has 1 unspecified atom stereocenters. The van der Waals surface area contributed by atoms with Gasteiger partial charge in [-0.2, -0.15) is 10.1 Å². The predicted molar refractivity (Wildman–Crippen MR) is 165 cm³/mol. The Morgan fingerprint density at radius 1 is 1.07 bits per heavy atom. The van der Waals surface area contributed by atoms with Crippen molar-refractivity contribution in [3.63, 3.8) is 0 Å². The molecule has 0 spiro atoms. The van der Waals surface area contributed by atoms with E-state index in [1.54, 1.807) is 16.8 Å². The van der Waals surface area contributed by atoms with E-state index in [0.717, 1.165) is 27.9 Å². The first-order valence-corrected chi connectivity index (χ1v) is 14.5. The second-order valence-electron chi connectivity index (χ2n) is 9.67. The van der Waals surface area contributed by atoms with E-state index in [2.05, 4.69) is 36.6 Å². The Morgan fingerprint density at radius 2 is 1.88 bits per heavy atom. The first kappa shape index (κ1) is 29.0. The normalized spacial score (nSPS) is 14.4. The van der Waals surface area contributed by atoms with Crippen LogP contribution in [-0.2, 0) is 11.4 Å². The molecule has 1 aromatic heterocycles. The molecule has 4 aromatic rings. The zero-order valence-corrected chi connectivity index (χ0v) is 26.0. The zero-order chi connectivity index (χ0) is 29.3. The fraction of sp³-hybridized carbons (Fsp3) is 0.233. The number of ether oxygens (including phenoxy) is 2. The highest BCUT2D eigenvalue weighted by molar-refractivity contribution is 9.10. The van der Waals surface area contributed by atoms with Crippen LogP contribution in [-0.4, -0.2) is 27.3 Å². The monoisotopic (exact) mass is 655 g/mol. The van der Waals surface area contributed by atoms with Crippen molar-refractivity contribution in [1.29, 1.82) is 0 Å². The molecule has 0 bridgehead atoms. The molecule has 1 amide bonds. The summed E-state index contributed by atoms with van der Waals surface area (Å²) in [7, 11) is 0. The number of hydrogen-bond acceptors (Lipinski definition) is 6. The average molecular weight is 657 g/mol. The number of amides is 1. The third-order valence-corrected chi connectivity index (χ3v) is 8.01. The summed E-state index contributed by atoms with van der Waals surface area (Å²) in [5.41, 5.74) is 5.63. The summed E-state index contributed by atoms with van der Waals surface area (Å²) in [6.07, 6.45) is 1.46. The Morgan fingerprint density at radius 3 is 2.61 bits per heavy atom. The number of carbonyl (C=O) groups excluding carboxylic acids is 1. The number of nitrogens with one attached hydrogen (secondary N) is 2. The van der Waals surface area contributed by atoms with Gasteiger partial charge in [-0.15, -0.1) is 0 Å². The van der Waals surface area contributed by atoms with Gasteiger partial charge in [-0.3, -0.25) is 4.79 Å². The molecule has 2 N–H and O–H groups in total. The van der Waals surface area contributed by atoms with Gasteiger partial charge in [0.15, 0.2) is 11.5 Å². The van der Waals surface area contributed by atoms with Crippen LogP contribution in [0.25, 0.3) is 0 Å². The maximum absolute atomic E-state index is 13.8. The van der Waals surface area contributed by atoms with Crippen molar-refractivity contribution < 1.29 is 14.3 Å². The van der Waals surface area contributed by atoms with Crippen LogP contribution in [0, 0.1) is 13.8 Å². The molecule has 1 aliphatic heterocycles. The second-order valence-corrected chi connectivity index (χ2v) is 11.3. The SMILES string of the molecule is CCOc1cc(C2C(C(=O)Nc3ccc(C)cc3C)=C(C)Nc3ncnn32)cc(Br)c1OCc1ccc(Cl)c(Cl)c1. The molecule has 41 heavy (non-hydrogen) atoms. The lowest BCUT2D eigenvalue weighted by Gasteiger charge is -2.29. The van der Waals surface area contributed by atoms with Crippen molar-refractivity contribution in [3.05, 3.63) is 103 Å². The van der Waals surface area contributed by atoms with Gasteiger partial charge < -0.3 is 20.1 Å². The van der Waals surface area contributed by atoms with E-state index in [1.807, 2.05) is 64.1 Å². The molecule has 0 saturated heterocycles. The average Bonchev–Trinajstić information content (AvgIpc) is 3.39. The Kier molecular flexibility index (Phi) is 8.58. The third kappa shape index (κ3) is 6.07. The van der Waals surface area contributed by atoms with E-state index < -0.39 is 6.04 Å². The molecule has 212 valence electrons. The fourth-order valence-corrected chi connectivity index (χ4v) is 5.67. The number of carbonyl (C=O) groups is 1. The number of nitrogens with zero attached hydrogens (tertiary/aromatic N) is 3. The van der Waals surface area contributed by atoms with E-state index >= 15 is 0 Å². The van der Waals surface area contributed by atoms with Crippen molar-refractivity contribution in [3.8, 4) is 11.5 Å². The summed E-state index contributed by atoms with van der Waals surface area (Å²) in [5.74, 6) is 1.33. The Hall–Kier alpha value is -3.53. The minimum Gasteiger partial charge on any atom is -0.490 e. The Labute approximate surface area is 256 Å². The minimum absolute atomic E-state index is 0.248. The van der Waals surface area contributed by atoms with Gasteiger partial charge in [0.25, 0.3) is 5.91 Å². The van der Waals surface area contributed by atoms with Crippen LogP contribution in [0.2, 0.25) is 10.0 Å². The number of aromatic nitrogens is 3. The summed E-state index contributed by atoms with van der Waals surface area (Å²) in [6.45, 7) is 8.40. The van der Waals surface area contributed by atoms with Crippen molar-refractivity contribution >= 4 is 56.7 Å². The van der Waals surface area contributed by atoms with Gasteiger partial charge in [-0.25, -0.2) is 4.68 Å². The number of aryl methyl sites for hydroxylation is 2. The second kappa shape index (κ2) is 12.1. The largest absolute Gasteiger partial charge is 0.490 e. The van der Waals surface area contributed by atoms with Gasteiger partial charge in [-0.1, -0.05) is 47.0 Å². The number of benzene rings is 3. The molecule has 0 aliphatic carbocycles. The van der Waals surface area contributed by atoms with Crippen molar-refractivity contribution in [2.24, 2.45) is 0 Å². The molecule has 3 aromatic carbocycles. The van der Waals surface area contributed by atoms with Crippen LogP contribution in [0.4, 0.5) is 11.6 Å². The summed E-state index contributed by atoms with van der Waals surface area (Å²) < 4.78 is 14.5. The number of anilines is 2. The molecule has 0 saturated carbocycles. The van der Waals surface area contributed by atoms with Gasteiger partial charge in [0.1, 0.15) is 19.0 Å². The van der Waals surface area contributed by atoms with Gasteiger partial charge >= 0.3 is 0 Å². The van der Waals surface area contributed by atoms with Gasteiger partial charge in [0, 0.05) is 11.4 Å². The molecule has 1 aliphatic rings. The number of fused-ring (bicyclic) bond motifs is 1. The summed E-state index contributed by atoms with van der Waals surface area (Å²) in [6, 6.07) is 14.5. The van der Waals surface area contributed by atoms with E-state index in [1.165, 1.54) is 6.33 Å². The lowest BCUT2D eigenvalue weighted by Crippen LogP contribution is -2.31. The Bertz CT molecular complexity index is 1670. The molecule has 0 radical (unpaired) electrons. The van der Waals surface area contributed by atoms with Gasteiger partial charge in [0.05, 0.1) is 26.7 Å². The first-order valence-electron chi connectivity index (χ1n) is 12.9. The summed E-state index contributed by atoms with van der Waals surface area (Å²) >= 11 is 15.9. The van der Waals surface area contributed by atoms with Crippen LogP contribution in [0.3, 0.4) is 0 Å².